The zero-order valence-corrected chi connectivity index (χ0v) is 13.1. The minimum Gasteiger partial charge on any atom is -0.385 e. The van der Waals surface area contributed by atoms with Gasteiger partial charge in [-0.15, -0.1) is 0 Å². The van der Waals surface area contributed by atoms with Gasteiger partial charge in [0.2, 0.25) is 10.0 Å². The number of nitrogens with one attached hydrogen (secondary N) is 1. The molecular weight excluding hydrogens is 296 g/mol. The Balaban J connectivity index is 3.01. The van der Waals surface area contributed by atoms with Crippen LogP contribution in [0.4, 0.5) is 5.69 Å². The standard InChI is InChI=1S/C12H22N4O4S/c1-19-8-3-6-16(7-9-20-2)21(17,18)12-10-14-5-4-11(12)15-13/h4-5,10H,3,6-9,13H2,1-2H3,(H,14,15). The molecule has 21 heavy (non-hydrogen) atoms. The number of nitrogens with zero attached hydrogens (tertiary/aromatic N) is 2. The Morgan fingerprint density at radius 3 is 2.62 bits per heavy atom. The molecule has 1 heterocycles. The summed E-state index contributed by atoms with van der Waals surface area (Å²) in [6, 6.07) is 1.51. The Morgan fingerprint density at radius 2 is 2.00 bits per heavy atom. The van der Waals surface area contributed by atoms with Crippen molar-refractivity contribution in [3.05, 3.63) is 18.5 Å². The fourth-order valence-corrected chi connectivity index (χ4v) is 3.34. The number of hydrogen-bond donors (Lipinski definition) is 2. The van der Waals surface area contributed by atoms with Crippen molar-refractivity contribution in [1.29, 1.82) is 0 Å². The first-order valence-electron chi connectivity index (χ1n) is 6.46. The smallest absolute Gasteiger partial charge is 0.246 e. The predicted molar refractivity (Wildman–Crippen MR) is 79.2 cm³/mol. The monoisotopic (exact) mass is 318 g/mol. The maximum atomic E-state index is 12.7. The molecule has 0 aliphatic carbocycles. The number of methoxy groups -OCH3 is 2. The summed E-state index contributed by atoms with van der Waals surface area (Å²) in [6.45, 7) is 1.37. The Kier molecular flexibility index (Phi) is 7.54. The van der Waals surface area contributed by atoms with E-state index in [1.165, 1.54) is 29.9 Å². The Labute approximate surface area is 125 Å². The molecule has 1 aromatic heterocycles. The van der Waals surface area contributed by atoms with Crippen LogP contribution in [-0.4, -0.2) is 58.2 Å². The van der Waals surface area contributed by atoms with Crippen LogP contribution in [-0.2, 0) is 19.5 Å². The lowest BCUT2D eigenvalue weighted by atomic mass is 10.4. The number of hydrogen-bond acceptors (Lipinski definition) is 7. The molecule has 1 rings (SSSR count). The third-order valence-corrected chi connectivity index (χ3v) is 4.78. The van der Waals surface area contributed by atoms with Gasteiger partial charge < -0.3 is 14.9 Å². The van der Waals surface area contributed by atoms with E-state index in [1.807, 2.05) is 0 Å². The van der Waals surface area contributed by atoms with Gasteiger partial charge in [0.25, 0.3) is 0 Å². The van der Waals surface area contributed by atoms with Crippen LogP contribution in [0.15, 0.2) is 23.4 Å². The summed E-state index contributed by atoms with van der Waals surface area (Å²) >= 11 is 0. The second kappa shape index (κ2) is 8.90. The molecule has 0 aliphatic rings. The maximum absolute atomic E-state index is 12.7. The normalized spacial score (nSPS) is 11.8. The third kappa shape index (κ3) is 4.90. The number of hydrazine groups is 1. The molecule has 0 bridgehead atoms. The Hall–Kier alpha value is -1.26. The summed E-state index contributed by atoms with van der Waals surface area (Å²) in [5.74, 6) is 5.36. The van der Waals surface area contributed by atoms with Crippen molar-refractivity contribution >= 4 is 15.7 Å². The average Bonchev–Trinajstić information content (AvgIpc) is 2.50. The molecule has 8 nitrogen and oxygen atoms in total. The van der Waals surface area contributed by atoms with Crippen LogP contribution in [0.3, 0.4) is 0 Å². The molecule has 0 saturated carbocycles. The average molecular weight is 318 g/mol. The zero-order valence-electron chi connectivity index (χ0n) is 12.3. The minimum absolute atomic E-state index is 0.0426. The minimum atomic E-state index is -3.70. The number of nitrogen functional groups attached to an aromatic ring is 1. The number of sulfonamides is 1. The molecule has 0 unspecified atom stereocenters. The summed E-state index contributed by atoms with van der Waals surface area (Å²) in [7, 11) is -0.604. The zero-order chi connectivity index (χ0) is 15.7. The van der Waals surface area contributed by atoms with Crippen molar-refractivity contribution in [1.82, 2.24) is 9.29 Å². The van der Waals surface area contributed by atoms with E-state index >= 15 is 0 Å². The number of anilines is 1. The van der Waals surface area contributed by atoms with E-state index in [0.717, 1.165) is 0 Å². The topological polar surface area (TPSA) is 107 Å². The predicted octanol–water partition coefficient (Wildman–Crippen LogP) is 0.0408. The second-order valence-corrected chi connectivity index (χ2v) is 6.17. The van der Waals surface area contributed by atoms with Gasteiger partial charge in [-0.2, -0.15) is 4.31 Å². The molecule has 9 heteroatoms. The molecule has 0 fully saturated rings. The van der Waals surface area contributed by atoms with Crippen LogP contribution < -0.4 is 11.3 Å². The maximum Gasteiger partial charge on any atom is 0.246 e. The van der Waals surface area contributed by atoms with Gasteiger partial charge in [-0.1, -0.05) is 0 Å². The first kappa shape index (κ1) is 17.8. The van der Waals surface area contributed by atoms with Crippen molar-refractivity contribution in [3.8, 4) is 0 Å². The van der Waals surface area contributed by atoms with Crippen molar-refractivity contribution in [2.24, 2.45) is 5.84 Å². The van der Waals surface area contributed by atoms with Gasteiger partial charge in [-0.05, 0) is 12.5 Å². The summed E-state index contributed by atoms with van der Waals surface area (Å²) < 4.78 is 36.7. The van der Waals surface area contributed by atoms with Gasteiger partial charge in [-0.3, -0.25) is 10.8 Å². The van der Waals surface area contributed by atoms with Crippen molar-refractivity contribution < 1.29 is 17.9 Å². The van der Waals surface area contributed by atoms with Gasteiger partial charge in [-0.25, -0.2) is 8.42 Å². The summed E-state index contributed by atoms with van der Waals surface area (Å²) in [5.41, 5.74) is 2.68. The first-order chi connectivity index (χ1) is 10.1. The fraction of sp³-hybridized carbons (Fsp3) is 0.583. The molecule has 120 valence electrons. The molecule has 0 radical (unpaired) electrons. The fourth-order valence-electron chi connectivity index (χ4n) is 1.77. The van der Waals surface area contributed by atoms with E-state index in [4.69, 9.17) is 15.3 Å². The highest BCUT2D eigenvalue weighted by molar-refractivity contribution is 7.89. The molecule has 0 amide bonds. The third-order valence-electron chi connectivity index (χ3n) is 2.86. The van der Waals surface area contributed by atoms with Crippen LogP contribution in [0.25, 0.3) is 0 Å². The molecule has 0 spiro atoms. The van der Waals surface area contributed by atoms with E-state index in [1.54, 1.807) is 7.11 Å². The van der Waals surface area contributed by atoms with E-state index < -0.39 is 10.0 Å². The highest BCUT2D eigenvalue weighted by Crippen LogP contribution is 2.22. The lowest BCUT2D eigenvalue weighted by Gasteiger charge is -2.22. The SMILES string of the molecule is COCCCN(CCOC)S(=O)(=O)c1cnccc1NN. The number of aromatic nitrogens is 1. The second-order valence-electron chi connectivity index (χ2n) is 4.26. The molecular formula is C12H22N4O4S. The van der Waals surface area contributed by atoms with Crippen molar-refractivity contribution in [2.75, 3.05) is 45.9 Å². The lowest BCUT2D eigenvalue weighted by molar-refractivity contribution is 0.164. The van der Waals surface area contributed by atoms with Crippen LogP contribution >= 0.6 is 0 Å². The van der Waals surface area contributed by atoms with Crippen molar-refractivity contribution in [3.63, 3.8) is 0 Å². The number of ether oxygens (including phenoxy) is 2. The highest BCUT2D eigenvalue weighted by Gasteiger charge is 2.26. The molecule has 3 N–H and O–H groups in total. The quantitative estimate of drug-likeness (QED) is 0.356. The van der Waals surface area contributed by atoms with E-state index in [0.29, 0.717) is 31.9 Å². The van der Waals surface area contributed by atoms with Crippen LogP contribution in [0.5, 0.6) is 0 Å². The molecule has 0 atom stereocenters. The van der Waals surface area contributed by atoms with Gasteiger partial charge in [0.1, 0.15) is 4.90 Å². The molecule has 1 aromatic rings. The molecule has 0 saturated heterocycles. The Bertz CT molecular complexity index is 524. The van der Waals surface area contributed by atoms with Crippen molar-refractivity contribution in [2.45, 2.75) is 11.3 Å². The number of pyridine rings is 1. The van der Waals surface area contributed by atoms with Gasteiger partial charge in [0.05, 0.1) is 12.3 Å². The first-order valence-corrected chi connectivity index (χ1v) is 7.90. The van der Waals surface area contributed by atoms with E-state index in [-0.39, 0.29) is 11.4 Å². The number of rotatable bonds is 10. The highest BCUT2D eigenvalue weighted by atomic mass is 32.2. The lowest BCUT2D eigenvalue weighted by Crippen LogP contribution is -2.36. The van der Waals surface area contributed by atoms with E-state index in [9.17, 15) is 8.42 Å². The van der Waals surface area contributed by atoms with Gasteiger partial charge in [0, 0.05) is 46.3 Å². The largest absolute Gasteiger partial charge is 0.385 e. The molecule has 0 aliphatic heterocycles. The van der Waals surface area contributed by atoms with Gasteiger partial charge >= 0.3 is 0 Å². The van der Waals surface area contributed by atoms with Gasteiger partial charge in [0.15, 0.2) is 0 Å². The van der Waals surface area contributed by atoms with Crippen LogP contribution in [0.2, 0.25) is 0 Å². The summed E-state index contributed by atoms with van der Waals surface area (Å²) in [5, 5.41) is 0. The number of nitrogens with two attached hydrogens (primary N) is 1. The summed E-state index contributed by atoms with van der Waals surface area (Å²) in [4.78, 5) is 3.90. The Morgan fingerprint density at radius 1 is 1.29 bits per heavy atom. The van der Waals surface area contributed by atoms with Crippen LogP contribution in [0.1, 0.15) is 6.42 Å². The molecule has 0 aromatic carbocycles. The van der Waals surface area contributed by atoms with Crippen LogP contribution in [0, 0.1) is 0 Å². The van der Waals surface area contributed by atoms with E-state index in [2.05, 4.69) is 10.4 Å². The summed E-state index contributed by atoms with van der Waals surface area (Å²) in [6.07, 6.45) is 3.34.